The molecule has 0 saturated heterocycles. The molecule has 1 amide bonds. The molecule has 0 bridgehead atoms. The van der Waals surface area contributed by atoms with Gasteiger partial charge in [-0.25, -0.2) is 4.98 Å². The minimum atomic E-state index is -0.701. The zero-order valence-electron chi connectivity index (χ0n) is 9.34. The molecule has 0 aliphatic heterocycles. The Bertz CT molecular complexity index is 513. The van der Waals surface area contributed by atoms with Crippen LogP contribution in [0.1, 0.15) is 22.2 Å². The standard InChI is InChI=1S/C12H11ClN2O2S/c13-9-1-2-10(14-5-9)12(17)15-6-11(16)8-3-4-18-7-8/h1-5,7,11,16H,6H2,(H,15,17). The molecule has 2 heterocycles. The molecule has 18 heavy (non-hydrogen) atoms. The van der Waals surface area contributed by atoms with Crippen LogP contribution in [0.3, 0.4) is 0 Å². The third-order valence-corrected chi connectivity index (χ3v) is 3.27. The molecule has 2 aromatic heterocycles. The summed E-state index contributed by atoms with van der Waals surface area (Å²) in [7, 11) is 0. The number of rotatable bonds is 4. The van der Waals surface area contributed by atoms with Gasteiger partial charge in [-0.15, -0.1) is 0 Å². The van der Waals surface area contributed by atoms with Crippen LogP contribution in [0.25, 0.3) is 0 Å². The van der Waals surface area contributed by atoms with Gasteiger partial charge in [0.15, 0.2) is 0 Å². The van der Waals surface area contributed by atoms with Crippen molar-refractivity contribution in [2.75, 3.05) is 6.54 Å². The number of carbonyl (C=O) groups is 1. The van der Waals surface area contributed by atoms with Crippen LogP contribution in [-0.2, 0) is 0 Å². The van der Waals surface area contributed by atoms with Crippen LogP contribution in [0.15, 0.2) is 35.2 Å². The first-order chi connectivity index (χ1) is 8.66. The summed E-state index contributed by atoms with van der Waals surface area (Å²) < 4.78 is 0. The number of hydrogen-bond donors (Lipinski definition) is 2. The van der Waals surface area contributed by atoms with Gasteiger partial charge < -0.3 is 10.4 Å². The molecule has 1 unspecified atom stereocenters. The second kappa shape index (κ2) is 5.95. The van der Waals surface area contributed by atoms with E-state index in [1.165, 1.54) is 23.6 Å². The molecular weight excluding hydrogens is 272 g/mol. The van der Waals surface area contributed by atoms with E-state index < -0.39 is 6.10 Å². The lowest BCUT2D eigenvalue weighted by Gasteiger charge is -2.10. The smallest absolute Gasteiger partial charge is 0.269 e. The highest BCUT2D eigenvalue weighted by molar-refractivity contribution is 7.07. The Hall–Kier alpha value is -1.43. The largest absolute Gasteiger partial charge is 0.387 e. The van der Waals surface area contributed by atoms with Gasteiger partial charge in [-0.05, 0) is 34.5 Å². The molecule has 0 fully saturated rings. The molecule has 1 atom stereocenters. The van der Waals surface area contributed by atoms with Crippen molar-refractivity contribution in [2.45, 2.75) is 6.10 Å². The number of halogens is 1. The van der Waals surface area contributed by atoms with Gasteiger partial charge in [0.2, 0.25) is 0 Å². The van der Waals surface area contributed by atoms with E-state index in [2.05, 4.69) is 10.3 Å². The number of carbonyl (C=O) groups excluding carboxylic acids is 1. The normalized spacial score (nSPS) is 12.1. The highest BCUT2D eigenvalue weighted by Crippen LogP contribution is 2.15. The molecule has 0 aromatic carbocycles. The van der Waals surface area contributed by atoms with Crippen LogP contribution >= 0.6 is 22.9 Å². The highest BCUT2D eigenvalue weighted by atomic mass is 35.5. The number of nitrogens with zero attached hydrogens (tertiary/aromatic N) is 1. The van der Waals surface area contributed by atoms with Crippen molar-refractivity contribution in [1.29, 1.82) is 0 Å². The molecule has 0 aliphatic rings. The van der Waals surface area contributed by atoms with Gasteiger partial charge >= 0.3 is 0 Å². The van der Waals surface area contributed by atoms with Crippen molar-refractivity contribution in [1.82, 2.24) is 10.3 Å². The van der Waals surface area contributed by atoms with E-state index in [1.807, 2.05) is 16.8 Å². The molecular formula is C12H11ClN2O2S. The number of thiophene rings is 1. The SMILES string of the molecule is O=C(NCC(O)c1ccsc1)c1ccc(Cl)cn1. The number of nitrogens with one attached hydrogen (secondary N) is 1. The van der Waals surface area contributed by atoms with Crippen LogP contribution in [0.5, 0.6) is 0 Å². The number of hydrogen-bond acceptors (Lipinski definition) is 4. The number of amides is 1. The molecule has 0 aliphatic carbocycles. The summed E-state index contributed by atoms with van der Waals surface area (Å²) in [5.41, 5.74) is 1.07. The van der Waals surface area contributed by atoms with E-state index in [0.29, 0.717) is 5.02 Å². The fraction of sp³-hybridized carbons (Fsp3) is 0.167. The summed E-state index contributed by atoms with van der Waals surface area (Å²) in [5.74, 6) is -0.332. The van der Waals surface area contributed by atoms with Crippen LogP contribution in [-0.4, -0.2) is 22.5 Å². The molecule has 0 radical (unpaired) electrons. The Kier molecular flexibility index (Phi) is 4.30. The van der Waals surface area contributed by atoms with Gasteiger partial charge in [0.1, 0.15) is 5.69 Å². The first-order valence-corrected chi connectivity index (χ1v) is 6.59. The zero-order valence-corrected chi connectivity index (χ0v) is 10.9. The summed E-state index contributed by atoms with van der Waals surface area (Å²) >= 11 is 7.18. The van der Waals surface area contributed by atoms with Gasteiger partial charge in [0.25, 0.3) is 5.91 Å². The van der Waals surface area contributed by atoms with Gasteiger partial charge in [-0.3, -0.25) is 4.79 Å². The predicted octanol–water partition coefficient (Wildman–Crippen LogP) is 2.26. The Morgan fingerprint density at radius 2 is 2.33 bits per heavy atom. The van der Waals surface area contributed by atoms with E-state index in [9.17, 15) is 9.90 Å². The Labute approximate surface area is 113 Å². The Morgan fingerprint density at radius 1 is 1.50 bits per heavy atom. The summed E-state index contributed by atoms with van der Waals surface area (Å²) in [6, 6.07) is 4.95. The van der Waals surface area contributed by atoms with Crippen LogP contribution in [0, 0.1) is 0 Å². The van der Waals surface area contributed by atoms with Gasteiger partial charge in [0, 0.05) is 12.7 Å². The van der Waals surface area contributed by atoms with Crippen molar-refractivity contribution in [3.8, 4) is 0 Å². The topological polar surface area (TPSA) is 62.2 Å². The fourth-order valence-corrected chi connectivity index (χ4v) is 2.19. The molecule has 2 aromatic rings. The number of aromatic nitrogens is 1. The highest BCUT2D eigenvalue weighted by Gasteiger charge is 2.11. The summed E-state index contributed by atoms with van der Waals surface area (Å²) in [5, 5.41) is 16.6. The van der Waals surface area contributed by atoms with Crippen molar-refractivity contribution >= 4 is 28.8 Å². The second-order valence-electron chi connectivity index (χ2n) is 3.64. The van der Waals surface area contributed by atoms with Crippen molar-refractivity contribution < 1.29 is 9.90 Å². The number of aliphatic hydroxyl groups excluding tert-OH is 1. The van der Waals surface area contributed by atoms with Crippen molar-refractivity contribution in [2.24, 2.45) is 0 Å². The monoisotopic (exact) mass is 282 g/mol. The molecule has 94 valence electrons. The van der Waals surface area contributed by atoms with E-state index >= 15 is 0 Å². The minimum absolute atomic E-state index is 0.153. The van der Waals surface area contributed by atoms with E-state index in [-0.39, 0.29) is 18.1 Å². The predicted molar refractivity (Wildman–Crippen MR) is 70.9 cm³/mol. The average molecular weight is 283 g/mol. The van der Waals surface area contributed by atoms with Crippen LogP contribution in [0.4, 0.5) is 0 Å². The average Bonchev–Trinajstić information content (AvgIpc) is 2.90. The van der Waals surface area contributed by atoms with Gasteiger partial charge in [0.05, 0.1) is 11.1 Å². The fourth-order valence-electron chi connectivity index (χ4n) is 1.37. The third-order valence-electron chi connectivity index (χ3n) is 2.34. The maximum absolute atomic E-state index is 11.7. The molecule has 6 heteroatoms. The maximum Gasteiger partial charge on any atom is 0.269 e. The lowest BCUT2D eigenvalue weighted by molar-refractivity contribution is 0.0911. The first kappa shape index (κ1) is 13.0. The zero-order chi connectivity index (χ0) is 13.0. The van der Waals surface area contributed by atoms with Crippen molar-refractivity contribution in [3.05, 3.63) is 51.4 Å². The Balaban J connectivity index is 1.90. The molecule has 2 N–H and O–H groups in total. The van der Waals surface area contributed by atoms with Crippen LogP contribution < -0.4 is 5.32 Å². The molecule has 0 saturated carbocycles. The summed E-state index contributed by atoms with van der Waals surface area (Å²) in [4.78, 5) is 15.6. The second-order valence-corrected chi connectivity index (χ2v) is 4.86. The van der Waals surface area contributed by atoms with E-state index in [0.717, 1.165) is 5.56 Å². The van der Waals surface area contributed by atoms with Gasteiger partial charge in [-0.1, -0.05) is 11.6 Å². The van der Waals surface area contributed by atoms with Crippen molar-refractivity contribution in [3.63, 3.8) is 0 Å². The first-order valence-electron chi connectivity index (χ1n) is 5.27. The lowest BCUT2D eigenvalue weighted by Crippen LogP contribution is -2.28. The van der Waals surface area contributed by atoms with Crippen LogP contribution in [0.2, 0.25) is 5.02 Å². The number of aliphatic hydroxyl groups is 1. The molecule has 0 spiro atoms. The van der Waals surface area contributed by atoms with E-state index in [1.54, 1.807) is 6.07 Å². The molecule has 4 nitrogen and oxygen atoms in total. The van der Waals surface area contributed by atoms with Gasteiger partial charge in [-0.2, -0.15) is 11.3 Å². The quantitative estimate of drug-likeness (QED) is 0.904. The maximum atomic E-state index is 11.7. The number of pyridine rings is 1. The Morgan fingerprint density at radius 3 is 2.94 bits per heavy atom. The lowest BCUT2D eigenvalue weighted by atomic mass is 10.2. The third kappa shape index (κ3) is 3.29. The summed E-state index contributed by atoms with van der Waals surface area (Å²) in [6.45, 7) is 0.153. The minimum Gasteiger partial charge on any atom is -0.387 e. The molecule has 2 rings (SSSR count). The summed E-state index contributed by atoms with van der Waals surface area (Å²) in [6.07, 6.45) is 0.707. The van der Waals surface area contributed by atoms with E-state index in [4.69, 9.17) is 11.6 Å².